The average molecular weight is 236 g/mol. The van der Waals surface area contributed by atoms with E-state index >= 15 is 0 Å². The number of halogens is 2. The molecule has 0 spiro atoms. The zero-order valence-corrected chi connectivity index (χ0v) is 8.59. The van der Waals surface area contributed by atoms with Gasteiger partial charge in [0.25, 0.3) is 0 Å². The van der Waals surface area contributed by atoms with Gasteiger partial charge in [-0.25, -0.2) is 4.39 Å². The van der Waals surface area contributed by atoms with Crippen LogP contribution in [0, 0.1) is 5.82 Å². The molecule has 1 amide bonds. The van der Waals surface area contributed by atoms with E-state index in [1.165, 1.54) is 12.1 Å². The first kappa shape index (κ1) is 13.7. The van der Waals surface area contributed by atoms with Crippen LogP contribution in [0.3, 0.4) is 0 Å². The molecule has 15 heavy (non-hydrogen) atoms. The quantitative estimate of drug-likeness (QED) is 0.808. The Morgan fingerprint density at radius 1 is 1.53 bits per heavy atom. The Hall–Kier alpha value is -1.33. The summed E-state index contributed by atoms with van der Waals surface area (Å²) in [7, 11) is 0. The van der Waals surface area contributed by atoms with E-state index in [1.807, 2.05) is 0 Å². The Bertz CT molecular complexity index is 346. The first-order valence-corrected chi connectivity index (χ1v) is 3.98. The van der Waals surface area contributed by atoms with Gasteiger partial charge in [-0.15, -0.1) is 12.4 Å². The summed E-state index contributed by atoms with van der Waals surface area (Å²) in [6, 6.07) is 3.65. The van der Waals surface area contributed by atoms with E-state index in [4.69, 9.17) is 15.6 Å². The van der Waals surface area contributed by atoms with Crippen molar-refractivity contribution in [3.8, 4) is 5.75 Å². The number of ether oxygens (including phenoxy) is 1. The van der Waals surface area contributed by atoms with E-state index in [-0.39, 0.29) is 36.9 Å². The molecule has 0 fully saturated rings. The molecule has 0 saturated heterocycles. The van der Waals surface area contributed by atoms with E-state index in [9.17, 15) is 9.18 Å². The average Bonchev–Trinajstić information content (AvgIpc) is 2.15. The van der Waals surface area contributed by atoms with E-state index in [0.29, 0.717) is 0 Å². The molecule has 0 aromatic heterocycles. The van der Waals surface area contributed by atoms with Gasteiger partial charge >= 0.3 is 0 Å². The molecule has 0 aliphatic carbocycles. The highest BCUT2D eigenvalue weighted by Gasteiger charge is 2.07. The second-order valence-corrected chi connectivity index (χ2v) is 2.58. The molecule has 0 unspecified atom stereocenters. The van der Waals surface area contributed by atoms with Gasteiger partial charge in [-0.05, 0) is 18.2 Å². The van der Waals surface area contributed by atoms with Gasteiger partial charge in [0.1, 0.15) is 6.61 Å². The maximum Gasteiger partial charge on any atom is 0.248 e. The Morgan fingerprint density at radius 3 is 2.67 bits per heavy atom. The third kappa shape index (κ3) is 3.73. The molecule has 0 saturated carbocycles. The molecule has 0 atom stereocenters. The van der Waals surface area contributed by atoms with Gasteiger partial charge in [-0.2, -0.15) is 0 Å². The molecule has 0 heterocycles. The van der Waals surface area contributed by atoms with Crippen LogP contribution in [0.15, 0.2) is 18.2 Å². The normalized spacial score (nSPS) is 9.20. The van der Waals surface area contributed by atoms with Crippen molar-refractivity contribution in [1.29, 1.82) is 0 Å². The number of benzene rings is 1. The molecule has 4 nitrogen and oxygen atoms in total. The number of aliphatic hydroxyl groups is 1. The SMILES string of the molecule is Cl.NC(=O)c1ccc(OCCO)c(F)c1. The zero-order valence-electron chi connectivity index (χ0n) is 7.77. The Kier molecular flexibility index (Phi) is 5.66. The number of rotatable bonds is 4. The summed E-state index contributed by atoms with van der Waals surface area (Å²) >= 11 is 0. The van der Waals surface area contributed by atoms with Crippen LogP contribution in [0.4, 0.5) is 4.39 Å². The van der Waals surface area contributed by atoms with Crippen molar-refractivity contribution < 1.29 is 19.0 Å². The largest absolute Gasteiger partial charge is 0.488 e. The van der Waals surface area contributed by atoms with Crippen LogP contribution < -0.4 is 10.5 Å². The molecule has 0 aliphatic rings. The van der Waals surface area contributed by atoms with Crippen molar-refractivity contribution in [3.05, 3.63) is 29.6 Å². The molecule has 0 bridgehead atoms. The van der Waals surface area contributed by atoms with Crippen LogP contribution in [0.2, 0.25) is 0 Å². The first-order chi connectivity index (χ1) is 6.65. The molecular formula is C9H11ClFNO3. The Morgan fingerprint density at radius 2 is 2.20 bits per heavy atom. The summed E-state index contributed by atoms with van der Waals surface area (Å²) < 4.78 is 18.0. The van der Waals surface area contributed by atoms with Crippen LogP contribution in [0.5, 0.6) is 5.75 Å². The molecule has 1 aromatic carbocycles. The third-order valence-electron chi connectivity index (χ3n) is 1.57. The summed E-state index contributed by atoms with van der Waals surface area (Å²) in [5.74, 6) is -1.38. The minimum absolute atomic E-state index is 0. The minimum atomic E-state index is -0.697. The van der Waals surface area contributed by atoms with E-state index in [0.717, 1.165) is 6.07 Å². The fraction of sp³-hybridized carbons (Fsp3) is 0.222. The van der Waals surface area contributed by atoms with E-state index in [2.05, 4.69) is 0 Å². The maximum atomic E-state index is 13.1. The lowest BCUT2D eigenvalue weighted by molar-refractivity contribution is 0.0999. The second-order valence-electron chi connectivity index (χ2n) is 2.58. The number of nitrogens with two attached hydrogens (primary N) is 1. The third-order valence-corrected chi connectivity index (χ3v) is 1.57. The van der Waals surface area contributed by atoms with Gasteiger partial charge in [0.2, 0.25) is 5.91 Å². The van der Waals surface area contributed by atoms with Gasteiger partial charge in [-0.3, -0.25) is 4.79 Å². The van der Waals surface area contributed by atoms with Gasteiger partial charge < -0.3 is 15.6 Å². The number of carbonyl (C=O) groups is 1. The molecule has 3 N–H and O–H groups in total. The lowest BCUT2D eigenvalue weighted by Crippen LogP contribution is -2.11. The lowest BCUT2D eigenvalue weighted by atomic mass is 10.2. The Balaban J connectivity index is 0.00000196. The van der Waals surface area contributed by atoms with Crippen LogP contribution in [-0.2, 0) is 0 Å². The molecule has 0 aliphatic heterocycles. The molecule has 1 rings (SSSR count). The van der Waals surface area contributed by atoms with Crippen molar-refractivity contribution in [3.63, 3.8) is 0 Å². The summed E-state index contributed by atoms with van der Waals surface area (Å²) in [4.78, 5) is 10.7. The van der Waals surface area contributed by atoms with Crippen molar-refractivity contribution in [1.82, 2.24) is 0 Å². The van der Waals surface area contributed by atoms with Crippen molar-refractivity contribution >= 4 is 18.3 Å². The topological polar surface area (TPSA) is 72.6 Å². The van der Waals surface area contributed by atoms with E-state index in [1.54, 1.807) is 0 Å². The first-order valence-electron chi connectivity index (χ1n) is 3.98. The van der Waals surface area contributed by atoms with Crippen molar-refractivity contribution in [2.24, 2.45) is 5.73 Å². The minimum Gasteiger partial charge on any atom is -0.488 e. The molecule has 0 radical (unpaired) electrons. The standard InChI is InChI=1S/C9H10FNO3.ClH/c10-7-5-6(9(11)13)1-2-8(7)14-4-3-12;/h1-2,5,12H,3-4H2,(H2,11,13);1H. The van der Waals surface area contributed by atoms with Crippen molar-refractivity contribution in [2.45, 2.75) is 0 Å². The highest BCUT2D eigenvalue weighted by Crippen LogP contribution is 2.17. The number of primary amides is 1. The summed E-state index contributed by atoms with van der Waals surface area (Å²) in [6.45, 7) is -0.191. The summed E-state index contributed by atoms with van der Waals surface area (Å²) in [6.07, 6.45) is 0. The zero-order chi connectivity index (χ0) is 10.6. The van der Waals surface area contributed by atoms with Gasteiger partial charge in [0.15, 0.2) is 11.6 Å². The summed E-state index contributed by atoms with van der Waals surface area (Å²) in [5.41, 5.74) is 5.03. The Labute approximate surface area is 92.3 Å². The molecule has 1 aromatic rings. The highest BCUT2D eigenvalue weighted by atomic mass is 35.5. The smallest absolute Gasteiger partial charge is 0.248 e. The van der Waals surface area contributed by atoms with Crippen LogP contribution in [-0.4, -0.2) is 24.2 Å². The number of hydrogen-bond acceptors (Lipinski definition) is 3. The fourth-order valence-electron chi connectivity index (χ4n) is 0.927. The van der Waals surface area contributed by atoms with Crippen LogP contribution >= 0.6 is 12.4 Å². The van der Waals surface area contributed by atoms with Crippen LogP contribution in [0.25, 0.3) is 0 Å². The van der Waals surface area contributed by atoms with E-state index < -0.39 is 11.7 Å². The predicted molar refractivity (Wildman–Crippen MR) is 54.7 cm³/mol. The molecule has 84 valence electrons. The summed E-state index contributed by atoms with van der Waals surface area (Å²) in [5, 5.41) is 8.44. The lowest BCUT2D eigenvalue weighted by Gasteiger charge is -2.05. The number of amides is 1. The molecule has 6 heteroatoms. The number of aliphatic hydroxyl groups excluding tert-OH is 1. The van der Waals surface area contributed by atoms with Gasteiger partial charge in [0, 0.05) is 5.56 Å². The monoisotopic (exact) mass is 235 g/mol. The maximum absolute atomic E-state index is 13.1. The van der Waals surface area contributed by atoms with Gasteiger partial charge in [-0.1, -0.05) is 0 Å². The van der Waals surface area contributed by atoms with Crippen molar-refractivity contribution in [2.75, 3.05) is 13.2 Å². The van der Waals surface area contributed by atoms with Crippen LogP contribution in [0.1, 0.15) is 10.4 Å². The number of carbonyl (C=O) groups excluding carboxylic acids is 1. The fourth-order valence-corrected chi connectivity index (χ4v) is 0.927. The highest BCUT2D eigenvalue weighted by molar-refractivity contribution is 5.92. The second kappa shape index (κ2) is 6.21. The van der Waals surface area contributed by atoms with Gasteiger partial charge in [0.05, 0.1) is 6.61 Å². The predicted octanol–water partition coefficient (Wildman–Crippen LogP) is 0.718. The molecular weight excluding hydrogens is 225 g/mol. The number of hydrogen-bond donors (Lipinski definition) is 2.